The third-order valence-electron chi connectivity index (χ3n) is 4.13. The third-order valence-corrected chi connectivity index (χ3v) is 4.68. The summed E-state index contributed by atoms with van der Waals surface area (Å²) < 4.78 is 5.32. The molecule has 2 aromatic heterocycles. The number of rotatable bonds is 3. The first kappa shape index (κ1) is 20.3. The molecular formula is C20H21Cl2N3O3. The maximum Gasteiger partial charge on any atom is 0.407 e. The van der Waals surface area contributed by atoms with Gasteiger partial charge in [-0.05, 0) is 39.8 Å². The molecule has 148 valence electrons. The van der Waals surface area contributed by atoms with E-state index in [9.17, 15) is 9.90 Å². The van der Waals surface area contributed by atoms with Gasteiger partial charge in [0.05, 0.1) is 0 Å². The molecule has 0 saturated heterocycles. The Bertz CT molecular complexity index is 1060. The fraction of sp³-hybridized carbons (Fsp3) is 0.300. The molecule has 1 aromatic carbocycles. The van der Waals surface area contributed by atoms with Gasteiger partial charge in [0.15, 0.2) is 0 Å². The maximum absolute atomic E-state index is 12.1. The van der Waals surface area contributed by atoms with E-state index in [0.29, 0.717) is 26.6 Å². The minimum Gasteiger partial charge on any atom is -0.493 e. The van der Waals surface area contributed by atoms with Crippen molar-refractivity contribution in [3.05, 3.63) is 45.7 Å². The minimum atomic E-state index is -0.601. The highest BCUT2D eigenvalue weighted by Crippen LogP contribution is 2.40. The molecule has 2 heterocycles. The number of alkyl carbamates (subject to hydrolysis) is 1. The number of H-pyrrole nitrogens is 1. The number of halogens is 2. The van der Waals surface area contributed by atoms with Crippen molar-refractivity contribution in [1.82, 2.24) is 15.3 Å². The average molecular weight is 422 g/mol. The van der Waals surface area contributed by atoms with Gasteiger partial charge < -0.3 is 20.1 Å². The molecule has 0 unspecified atom stereocenters. The highest BCUT2D eigenvalue weighted by molar-refractivity contribution is 6.36. The first-order valence-corrected chi connectivity index (χ1v) is 9.44. The van der Waals surface area contributed by atoms with E-state index in [1.165, 1.54) is 0 Å². The van der Waals surface area contributed by atoms with Gasteiger partial charge in [-0.2, -0.15) is 0 Å². The van der Waals surface area contributed by atoms with Gasteiger partial charge in [-0.1, -0.05) is 29.3 Å². The molecule has 0 atom stereocenters. The Morgan fingerprint density at radius 2 is 2.04 bits per heavy atom. The second kappa shape index (κ2) is 7.53. The van der Waals surface area contributed by atoms with Crippen molar-refractivity contribution in [2.75, 3.05) is 0 Å². The molecule has 0 radical (unpaired) electrons. The van der Waals surface area contributed by atoms with Crippen LogP contribution in [0.1, 0.15) is 32.0 Å². The number of benzene rings is 1. The highest BCUT2D eigenvalue weighted by Gasteiger charge is 2.21. The second-order valence-electron chi connectivity index (χ2n) is 7.43. The van der Waals surface area contributed by atoms with E-state index in [-0.39, 0.29) is 12.4 Å². The molecule has 1 amide bonds. The fourth-order valence-electron chi connectivity index (χ4n) is 2.98. The summed E-state index contributed by atoms with van der Waals surface area (Å²) in [6, 6.07) is 5.19. The number of fused-ring (bicyclic) bond motifs is 1. The van der Waals surface area contributed by atoms with Crippen LogP contribution < -0.4 is 5.32 Å². The number of amides is 1. The van der Waals surface area contributed by atoms with E-state index >= 15 is 0 Å². The monoisotopic (exact) mass is 421 g/mol. The van der Waals surface area contributed by atoms with Gasteiger partial charge in [0.2, 0.25) is 5.88 Å². The lowest BCUT2D eigenvalue weighted by Crippen LogP contribution is -2.32. The van der Waals surface area contributed by atoms with Gasteiger partial charge in [-0.3, -0.25) is 0 Å². The predicted molar refractivity (Wildman–Crippen MR) is 111 cm³/mol. The van der Waals surface area contributed by atoms with Gasteiger partial charge in [0, 0.05) is 50.6 Å². The van der Waals surface area contributed by atoms with Crippen LogP contribution in [0, 0.1) is 6.92 Å². The fourth-order valence-corrected chi connectivity index (χ4v) is 3.48. The number of nitrogens with one attached hydrogen (secondary N) is 2. The lowest BCUT2D eigenvalue weighted by Gasteiger charge is -2.21. The molecule has 8 heteroatoms. The first-order chi connectivity index (χ1) is 13.1. The van der Waals surface area contributed by atoms with Crippen LogP contribution in [0.4, 0.5) is 4.79 Å². The predicted octanol–water partition coefficient (Wildman–Crippen LogP) is 5.58. The van der Waals surface area contributed by atoms with Gasteiger partial charge in [-0.15, -0.1) is 0 Å². The molecule has 0 aliphatic carbocycles. The van der Waals surface area contributed by atoms with Crippen molar-refractivity contribution < 1.29 is 14.6 Å². The Morgan fingerprint density at radius 3 is 2.68 bits per heavy atom. The van der Waals surface area contributed by atoms with Crippen molar-refractivity contribution in [3.8, 4) is 17.0 Å². The largest absolute Gasteiger partial charge is 0.493 e. The standard InChI is InChI=1S/C20H21Cl2N3O3/c1-10-13(8-24-19(27)28-20(2,3)4)16(12-6-5-11(21)7-15(12)22)14-9-23-18(26)17(14)25-10/h5-7,9,23,26H,8H2,1-4H3,(H,24,27). The normalized spacial score (nSPS) is 11.6. The number of aromatic amines is 1. The highest BCUT2D eigenvalue weighted by atomic mass is 35.5. The summed E-state index contributed by atoms with van der Waals surface area (Å²) in [5.74, 6) is -0.0314. The average Bonchev–Trinajstić information content (AvgIpc) is 2.92. The van der Waals surface area contributed by atoms with Gasteiger partial charge in [0.1, 0.15) is 11.1 Å². The van der Waals surface area contributed by atoms with Crippen molar-refractivity contribution in [1.29, 1.82) is 0 Å². The molecule has 6 nitrogen and oxygen atoms in total. The van der Waals surface area contributed by atoms with E-state index in [2.05, 4.69) is 15.3 Å². The molecule has 0 aliphatic heterocycles. The molecule has 0 saturated carbocycles. The van der Waals surface area contributed by atoms with E-state index in [0.717, 1.165) is 16.7 Å². The zero-order valence-corrected chi connectivity index (χ0v) is 17.5. The van der Waals surface area contributed by atoms with Crippen molar-refractivity contribution in [2.45, 2.75) is 39.8 Å². The minimum absolute atomic E-state index is 0.0314. The number of hydrogen-bond acceptors (Lipinski definition) is 4. The SMILES string of the molecule is Cc1nc2c(O)[nH]cc2c(-c2ccc(Cl)cc2Cl)c1CNC(=O)OC(C)(C)C. The smallest absolute Gasteiger partial charge is 0.407 e. The quantitative estimate of drug-likeness (QED) is 0.515. The summed E-state index contributed by atoms with van der Waals surface area (Å²) in [7, 11) is 0. The number of aryl methyl sites for hydroxylation is 1. The van der Waals surface area contributed by atoms with E-state index in [4.69, 9.17) is 27.9 Å². The summed E-state index contributed by atoms with van der Waals surface area (Å²) in [6.07, 6.45) is 1.13. The summed E-state index contributed by atoms with van der Waals surface area (Å²) in [6.45, 7) is 7.39. The van der Waals surface area contributed by atoms with E-state index in [1.807, 2.05) is 6.92 Å². The molecule has 0 bridgehead atoms. The van der Waals surface area contributed by atoms with E-state index < -0.39 is 11.7 Å². The molecule has 28 heavy (non-hydrogen) atoms. The summed E-state index contributed by atoms with van der Waals surface area (Å²) in [4.78, 5) is 19.4. The van der Waals surface area contributed by atoms with Crippen LogP contribution in [0.5, 0.6) is 5.88 Å². The number of aromatic hydroxyl groups is 1. The molecule has 0 fully saturated rings. The van der Waals surface area contributed by atoms with Crippen LogP contribution in [0.25, 0.3) is 22.0 Å². The van der Waals surface area contributed by atoms with Gasteiger partial charge in [0.25, 0.3) is 0 Å². The molecule has 0 spiro atoms. The Balaban J connectivity index is 2.11. The number of nitrogens with zero attached hydrogens (tertiary/aromatic N) is 1. The molecule has 3 rings (SSSR count). The lowest BCUT2D eigenvalue weighted by atomic mass is 9.95. The summed E-state index contributed by atoms with van der Waals surface area (Å²) >= 11 is 12.5. The van der Waals surface area contributed by atoms with Crippen LogP contribution >= 0.6 is 23.2 Å². The van der Waals surface area contributed by atoms with Crippen molar-refractivity contribution >= 4 is 40.2 Å². The topological polar surface area (TPSA) is 87.2 Å². The van der Waals surface area contributed by atoms with Crippen LogP contribution in [0.2, 0.25) is 10.0 Å². The molecular weight excluding hydrogens is 401 g/mol. The number of hydrogen-bond donors (Lipinski definition) is 3. The number of carbonyl (C=O) groups is 1. The van der Waals surface area contributed by atoms with Crippen LogP contribution in [-0.4, -0.2) is 26.8 Å². The van der Waals surface area contributed by atoms with E-state index in [1.54, 1.807) is 45.2 Å². The molecule has 3 aromatic rings. The van der Waals surface area contributed by atoms with Gasteiger partial charge >= 0.3 is 6.09 Å². The Kier molecular flexibility index (Phi) is 5.46. The zero-order valence-electron chi connectivity index (χ0n) is 16.0. The molecule has 0 aliphatic rings. The molecule has 3 N–H and O–H groups in total. The lowest BCUT2D eigenvalue weighted by molar-refractivity contribution is 0.0523. The first-order valence-electron chi connectivity index (χ1n) is 8.68. The number of pyridine rings is 1. The Hall–Kier alpha value is -2.44. The Morgan fingerprint density at radius 1 is 1.32 bits per heavy atom. The Labute approximate surface area is 172 Å². The number of ether oxygens (including phenoxy) is 1. The van der Waals surface area contributed by atoms with Gasteiger partial charge in [-0.25, -0.2) is 9.78 Å². The zero-order chi connectivity index (χ0) is 20.6. The van der Waals surface area contributed by atoms with Crippen molar-refractivity contribution in [2.24, 2.45) is 0 Å². The number of carbonyl (C=O) groups excluding carboxylic acids is 1. The number of aromatic nitrogens is 2. The maximum atomic E-state index is 12.1. The third kappa shape index (κ3) is 4.18. The van der Waals surface area contributed by atoms with Crippen molar-refractivity contribution in [3.63, 3.8) is 0 Å². The van der Waals surface area contributed by atoms with Crippen LogP contribution in [0.3, 0.4) is 0 Å². The van der Waals surface area contributed by atoms with Crippen LogP contribution in [-0.2, 0) is 11.3 Å². The summed E-state index contributed by atoms with van der Waals surface area (Å²) in [5.41, 5.74) is 2.73. The summed E-state index contributed by atoms with van der Waals surface area (Å²) in [5, 5.41) is 14.5. The van der Waals surface area contributed by atoms with Crippen LogP contribution in [0.15, 0.2) is 24.4 Å². The second-order valence-corrected chi connectivity index (χ2v) is 8.27.